The fourth-order valence-corrected chi connectivity index (χ4v) is 6.18. The number of likely N-dealkylation sites (tertiary alicyclic amines) is 1. The number of nitrogens with zero attached hydrogens (tertiary/aromatic N) is 2. The van der Waals surface area contributed by atoms with Gasteiger partial charge in [0, 0.05) is 33.2 Å². The van der Waals surface area contributed by atoms with Crippen molar-refractivity contribution < 1.29 is 33.4 Å². The van der Waals surface area contributed by atoms with E-state index in [-0.39, 0.29) is 49.5 Å². The molecule has 1 saturated carbocycles. The lowest BCUT2D eigenvalue weighted by atomic mass is 9.92. The molecule has 2 aliphatic heterocycles. The number of ether oxygens (including phenoxy) is 3. The van der Waals surface area contributed by atoms with Crippen molar-refractivity contribution in [1.29, 1.82) is 0 Å². The highest BCUT2D eigenvalue weighted by Gasteiger charge is 2.44. The summed E-state index contributed by atoms with van der Waals surface area (Å²) in [7, 11) is -1.30. The molecule has 208 valence electrons. The van der Waals surface area contributed by atoms with Crippen molar-refractivity contribution in [2.75, 3.05) is 13.3 Å². The lowest BCUT2D eigenvalue weighted by Crippen LogP contribution is -2.55. The quantitative estimate of drug-likeness (QED) is 0.286. The van der Waals surface area contributed by atoms with Gasteiger partial charge in [-0.2, -0.15) is 0 Å². The summed E-state index contributed by atoms with van der Waals surface area (Å²) in [4.78, 5) is 53.0. The van der Waals surface area contributed by atoms with E-state index in [9.17, 15) is 19.2 Å². The molecule has 1 aromatic rings. The summed E-state index contributed by atoms with van der Waals surface area (Å²) in [5.41, 5.74) is 6.44. The van der Waals surface area contributed by atoms with Crippen LogP contribution in [0.1, 0.15) is 55.5 Å². The minimum absolute atomic E-state index is 0.0721. The number of nitrogens with two attached hydrogens (primary N) is 1. The molecule has 1 aromatic carbocycles. The van der Waals surface area contributed by atoms with Crippen LogP contribution in [0.3, 0.4) is 0 Å². The fraction of sp³-hybridized carbons (Fsp3) is 0.630. The van der Waals surface area contributed by atoms with Gasteiger partial charge in [-0.1, -0.05) is 33.5 Å². The number of primary amides is 1. The molecular weight excluding hydrogens is 506 g/mol. The standard InChI is InChI=1S/C27H39N3O7Si/c1-27(2)13-21(22(14-27)37-26(28)34)36-18-6-7-19-17(12-18)15-29(24(19)32)20-8-9-23(31)30(25(20)33)16-35-10-11-38(3,4)5/h6-7,12,20-22H,8-11,13-16H2,1-5H3,(H2,28,34)/t20?,21-,22-/m1/s1. The highest BCUT2D eigenvalue weighted by molar-refractivity contribution is 6.76. The third kappa shape index (κ3) is 6.37. The molecule has 4 rings (SSSR count). The lowest BCUT2D eigenvalue weighted by molar-refractivity contribution is -0.158. The van der Waals surface area contributed by atoms with Crippen LogP contribution in [-0.4, -0.2) is 73.3 Å². The Morgan fingerprint density at radius 1 is 1.13 bits per heavy atom. The van der Waals surface area contributed by atoms with Crippen LogP contribution < -0.4 is 10.5 Å². The number of benzene rings is 1. The second-order valence-electron chi connectivity index (χ2n) is 12.5. The zero-order valence-corrected chi connectivity index (χ0v) is 24.0. The van der Waals surface area contributed by atoms with Crippen LogP contribution in [0.25, 0.3) is 0 Å². The normalized spacial score (nSPS) is 25.1. The van der Waals surface area contributed by atoms with E-state index in [2.05, 4.69) is 33.5 Å². The number of imide groups is 1. The Morgan fingerprint density at radius 3 is 2.53 bits per heavy atom. The molecule has 2 fully saturated rings. The number of carbonyl (C=O) groups excluding carboxylic acids is 4. The van der Waals surface area contributed by atoms with E-state index in [4.69, 9.17) is 19.9 Å². The Labute approximate surface area is 224 Å². The van der Waals surface area contributed by atoms with E-state index < -0.39 is 32.2 Å². The van der Waals surface area contributed by atoms with Gasteiger partial charge in [0.05, 0.1) is 0 Å². The summed E-state index contributed by atoms with van der Waals surface area (Å²) < 4.78 is 17.2. The molecule has 0 spiro atoms. The van der Waals surface area contributed by atoms with E-state index in [1.54, 1.807) is 18.2 Å². The van der Waals surface area contributed by atoms with Crippen molar-refractivity contribution in [3.8, 4) is 5.75 Å². The average Bonchev–Trinajstić information content (AvgIpc) is 3.26. The number of fused-ring (bicyclic) bond motifs is 1. The van der Waals surface area contributed by atoms with Crippen LogP contribution >= 0.6 is 0 Å². The maximum atomic E-state index is 13.3. The minimum atomic E-state index is -1.30. The monoisotopic (exact) mass is 545 g/mol. The first-order chi connectivity index (χ1) is 17.7. The minimum Gasteiger partial charge on any atom is -0.487 e. The van der Waals surface area contributed by atoms with Crippen molar-refractivity contribution in [2.24, 2.45) is 11.1 Å². The summed E-state index contributed by atoms with van der Waals surface area (Å²) in [5, 5.41) is 0. The molecule has 0 bridgehead atoms. The number of hydrogen-bond donors (Lipinski definition) is 1. The van der Waals surface area contributed by atoms with Gasteiger partial charge in [0.15, 0.2) is 0 Å². The molecule has 1 saturated heterocycles. The Kier molecular flexibility index (Phi) is 7.90. The van der Waals surface area contributed by atoms with Gasteiger partial charge < -0.3 is 24.8 Å². The molecule has 0 aromatic heterocycles. The number of rotatable bonds is 9. The van der Waals surface area contributed by atoms with E-state index in [1.165, 1.54) is 4.90 Å². The molecule has 3 aliphatic rings. The smallest absolute Gasteiger partial charge is 0.404 e. The fourth-order valence-electron chi connectivity index (χ4n) is 5.42. The van der Waals surface area contributed by atoms with Crippen LogP contribution in [-0.2, 0) is 25.6 Å². The van der Waals surface area contributed by atoms with Crippen LogP contribution in [0.5, 0.6) is 5.75 Å². The van der Waals surface area contributed by atoms with Crippen molar-refractivity contribution in [3.63, 3.8) is 0 Å². The van der Waals surface area contributed by atoms with Crippen molar-refractivity contribution in [3.05, 3.63) is 29.3 Å². The van der Waals surface area contributed by atoms with Gasteiger partial charge >= 0.3 is 6.09 Å². The van der Waals surface area contributed by atoms with Crippen LogP contribution in [0.4, 0.5) is 4.79 Å². The van der Waals surface area contributed by atoms with E-state index >= 15 is 0 Å². The molecule has 0 radical (unpaired) electrons. The number of carbonyl (C=O) groups is 4. The van der Waals surface area contributed by atoms with Crippen molar-refractivity contribution in [2.45, 2.75) is 90.0 Å². The Balaban J connectivity index is 1.42. The van der Waals surface area contributed by atoms with Gasteiger partial charge in [0.2, 0.25) is 5.91 Å². The number of piperidine rings is 1. The van der Waals surface area contributed by atoms with Crippen molar-refractivity contribution >= 4 is 31.9 Å². The summed E-state index contributed by atoms with van der Waals surface area (Å²) in [5.74, 6) is -0.352. The Bertz CT molecular complexity index is 1120. The Morgan fingerprint density at radius 2 is 1.84 bits per heavy atom. The van der Waals surface area contributed by atoms with Crippen LogP contribution in [0.15, 0.2) is 18.2 Å². The maximum Gasteiger partial charge on any atom is 0.404 e. The molecule has 1 aliphatic carbocycles. The summed E-state index contributed by atoms with van der Waals surface area (Å²) in [6.07, 6.45) is 0.153. The SMILES string of the molecule is CC1(C)C[C@@H](OC(N)=O)[C@H](Oc2ccc3c(c2)CN(C2CCC(=O)N(COCC[Si](C)(C)C)C2=O)C3=O)C1. The van der Waals surface area contributed by atoms with Gasteiger partial charge in [-0.3, -0.25) is 19.3 Å². The summed E-state index contributed by atoms with van der Waals surface area (Å²) in [6.45, 7) is 11.5. The third-order valence-corrected chi connectivity index (χ3v) is 9.17. The van der Waals surface area contributed by atoms with Crippen molar-refractivity contribution in [1.82, 2.24) is 9.80 Å². The third-order valence-electron chi connectivity index (χ3n) is 7.46. The molecule has 3 atom stereocenters. The molecular formula is C27H39N3O7Si. The molecule has 1 unspecified atom stereocenters. The first kappa shape index (κ1) is 28.1. The van der Waals surface area contributed by atoms with Gasteiger partial charge in [-0.15, -0.1) is 0 Å². The van der Waals surface area contributed by atoms with Gasteiger partial charge in [0.25, 0.3) is 11.8 Å². The van der Waals surface area contributed by atoms with E-state index in [1.807, 2.05) is 0 Å². The molecule has 10 nitrogen and oxygen atoms in total. The lowest BCUT2D eigenvalue weighted by Gasteiger charge is -2.35. The second-order valence-corrected chi connectivity index (χ2v) is 18.1. The number of hydrogen-bond acceptors (Lipinski definition) is 7. The topological polar surface area (TPSA) is 128 Å². The molecule has 2 N–H and O–H groups in total. The van der Waals surface area contributed by atoms with Crippen LogP contribution in [0.2, 0.25) is 25.7 Å². The predicted molar refractivity (Wildman–Crippen MR) is 142 cm³/mol. The molecule has 4 amide bonds. The summed E-state index contributed by atoms with van der Waals surface area (Å²) in [6, 6.07) is 5.44. The largest absolute Gasteiger partial charge is 0.487 e. The number of amides is 4. The molecule has 38 heavy (non-hydrogen) atoms. The first-order valence-corrected chi connectivity index (χ1v) is 16.9. The van der Waals surface area contributed by atoms with Gasteiger partial charge in [-0.05, 0) is 54.5 Å². The predicted octanol–water partition coefficient (Wildman–Crippen LogP) is 3.50. The maximum absolute atomic E-state index is 13.3. The zero-order chi connectivity index (χ0) is 27.8. The van der Waals surface area contributed by atoms with Crippen LogP contribution in [0, 0.1) is 5.41 Å². The zero-order valence-electron chi connectivity index (χ0n) is 23.0. The van der Waals surface area contributed by atoms with Gasteiger partial charge in [0.1, 0.15) is 30.7 Å². The molecule has 11 heteroatoms. The first-order valence-electron chi connectivity index (χ1n) is 13.2. The van der Waals surface area contributed by atoms with E-state index in [0.29, 0.717) is 30.8 Å². The highest BCUT2D eigenvalue weighted by Crippen LogP contribution is 2.41. The van der Waals surface area contributed by atoms with E-state index in [0.717, 1.165) is 16.5 Å². The molecule has 2 heterocycles. The highest BCUT2D eigenvalue weighted by atomic mass is 28.3. The average molecular weight is 546 g/mol. The second kappa shape index (κ2) is 10.7. The van der Waals surface area contributed by atoms with Gasteiger partial charge in [-0.25, -0.2) is 4.79 Å². The summed E-state index contributed by atoms with van der Waals surface area (Å²) >= 11 is 0. The Hall–Kier alpha value is -2.92.